The molecule has 2 aromatic heterocycles. The molecule has 0 saturated heterocycles. The molecule has 0 spiro atoms. The van der Waals surface area contributed by atoms with Crippen LogP contribution in [0.1, 0.15) is 18.5 Å². The number of fused-ring (bicyclic) bond motifs is 1. The second-order valence-corrected chi connectivity index (χ2v) is 5.96. The van der Waals surface area contributed by atoms with E-state index in [1.807, 2.05) is 43.6 Å². The molecule has 0 fully saturated rings. The number of aromatic nitrogens is 3. The molecule has 1 atom stereocenters. The molecule has 1 unspecified atom stereocenters. The van der Waals surface area contributed by atoms with Crippen molar-refractivity contribution in [1.82, 2.24) is 15.0 Å². The van der Waals surface area contributed by atoms with Gasteiger partial charge in [0.2, 0.25) is 0 Å². The van der Waals surface area contributed by atoms with Crippen molar-refractivity contribution in [1.29, 1.82) is 0 Å². The van der Waals surface area contributed by atoms with Crippen LogP contribution in [0.2, 0.25) is 0 Å². The number of likely N-dealkylation sites (N-methyl/N-ethyl adjacent to an activating group) is 1. The van der Waals surface area contributed by atoms with Gasteiger partial charge in [-0.3, -0.25) is 4.98 Å². The van der Waals surface area contributed by atoms with Crippen LogP contribution in [0.3, 0.4) is 0 Å². The normalized spacial score (nSPS) is 12.0. The van der Waals surface area contributed by atoms with Crippen molar-refractivity contribution in [2.45, 2.75) is 12.8 Å². The van der Waals surface area contributed by atoms with Crippen molar-refractivity contribution in [3.8, 4) is 11.5 Å². The zero-order chi connectivity index (χ0) is 17.8. The molecule has 0 aliphatic heterocycles. The lowest BCUT2D eigenvalue weighted by Crippen LogP contribution is -2.24. The van der Waals surface area contributed by atoms with Gasteiger partial charge in [0.1, 0.15) is 12.1 Å². The van der Waals surface area contributed by atoms with Crippen LogP contribution in [0.5, 0.6) is 11.5 Å². The SMILES string of the molecule is COc1cc2ncnc(N(C)CC(C)c3ccccn3)c2cc1OC. The summed E-state index contributed by atoms with van der Waals surface area (Å²) in [6.07, 6.45) is 3.40. The van der Waals surface area contributed by atoms with Crippen LogP contribution in [-0.4, -0.2) is 42.8 Å². The zero-order valence-corrected chi connectivity index (χ0v) is 14.9. The number of ether oxygens (including phenoxy) is 2. The Morgan fingerprint density at radius 3 is 2.48 bits per heavy atom. The Morgan fingerprint density at radius 2 is 1.80 bits per heavy atom. The lowest BCUT2D eigenvalue weighted by molar-refractivity contribution is 0.356. The number of methoxy groups -OCH3 is 2. The van der Waals surface area contributed by atoms with Crippen molar-refractivity contribution in [2.24, 2.45) is 0 Å². The van der Waals surface area contributed by atoms with E-state index in [0.717, 1.165) is 29.0 Å². The molecular weight excluding hydrogens is 316 g/mol. The van der Waals surface area contributed by atoms with Crippen molar-refractivity contribution >= 4 is 16.7 Å². The summed E-state index contributed by atoms with van der Waals surface area (Å²) in [7, 11) is 5.27. The van der Waals surface area contributed by atoms with Gasteiger partial charge in [-0.1, -0.05) is 13.0 Å². The van der Waals surface area contributed by atoms with Gasteiger partial charge in [0, 0.05) is 42.9 Å². The van der Waals surface area contributed by atoms with E-state index in [2.05, 4.69) is 26.8 Å². The smallest absolute Gasteiger partial charge is 0.162 e. The molecule has 3 aromatic rings. The van der Waals surface area contributed by atoms with Gasteiger partial charge in [0.05, 0.1) is 19.7 Å². The first-order chi connectivity index (χ1) is 12.1. The van der Waals surface area contributed by atoms with E-state index in [1.54, 1.807) is 20.5 Å². The van der Waals surface area contributed by atoms with Gasteiger partial charge in [-0.2, -0.15) is 0 Å². The molecule has 6 heteroatoms. The Labute approximate surface area is 147 Å². The number of anilines is 1. The summed E-state index contributed by atoms with van der Waals surface area (Å²) in [6, 6.07) is 9.78. The molecule has 3 rings (SSSR count). The zero-order valence-electron chi connectivity index (χ0n) is 14.9. The molecule has 0 bridgehead atoms. The predicted molar refractivity (Wildman–Crippen MR) is 98.6 cm³/mol. The van der Waals surface area contributed by atoms with Gasteiger partial charge in [0.15, 0.2) is 11.5 Å². The molecule has 0 aliphatic rings. The summed E-state index contributed by atoms with van der Waals surface area (Å²) in [5, 5.41) is 0.927. The maximum atomic E-state index is 5.42. The minimum Gasteiger partial charge on any atom is -0.493 e. The number of hydrogen-bond donors (Lipinski definition) is 0. The maximum Gasteiger partial charge on any atom is 0.162 e. The Hall–Kier alpha value is -2.89. The van der Waals surface area contributed by atoms with Gasteiger partial charge >= 0.3 is 0 Å². The van der Waals surface area contributed by atoms with Crippen molar-refractivity contribution in [3.63, 3.8) is 0 Å². The summed E-state index contributed by atoms with van der Waals surface area (Å²) in [5.74, 6) is 2.45. The van der Waals surface area contributed by atoms with Gasteiger partial charge in [0.25, 0.3) is 0 Å². The summed E-state index contributed by atoms with van der Waals surface area (Å²) < 4.78 is 10.8. The fraction of sp³-hybridized carbons (Fsp3) is 0.316. The molecule has 0 radical (unpaired) electrons. The highest BCUT2D eigenvalue weighted by Crippen LogP contribution is 2.34. The predicted octanol–water partition coefficient (Wildman–Crippen LogP) is 3.28. The van der Waals surface area contributed by atoms with Crippen LogP contribution in [0.25, 0.3) is 10.9 Å². The highest BCUT2D eigenvalue weighted by atomic mass is 16.5. The number of nitrogens with zero attached hydrogens (tertiary/aromatic N) is 4. The molecule has 0 saturated carbocycles. The Kier molecular flexibility index (Phi) is 4.97. The first-order valence-electron chi connectivity index (χ1n) is 8.12. The topological polar surface area (TPSA) is 60.4 Å². The van der Waals surface area contributed by atoms with E-state index in [9.17, 15) is 0 Å². The van der Waals surface area contributed by atoms with Crippen molar-refractivity contribution in [3.05, 3.63) is 48.5 Å². The average molecular weight is 338 g/mol. The molecule has 6 nitrogen and oxygen atoms in total. The molecule has 130 valence electrons. The van der Waals surface area contributed by atoms with Crippen LogP contribution in [0.15, 0.2) is 42.9 Å². The number of hydrogen-bond acceptors (Lipinski definition) is 6. The van der Waals surface area contributed by atoms with E-state index >= 15 is 0 Å². The minimum atomic E-state index is 0.274. The van der Waals surface area contributed by atoms with Crippen molar-refractivity contribution in [2.75, 3.05) is 32.7 Å². The van der Waals surface area contributed by atoms with E-state index in [4.69, 9.17) is 9.47 Å². The standard InChI is InChI=1S/C19H22N4O2/c1-13(15-7-5-6-8-20-15)11-23(2)19-14-9-17(24-3)18(25-4)10-16(14)21-12-22-19/h5-10,12-13H,11H2,1-4H3. The van der Waals surface area contributed by atoms with E-state index in [0.29, 0.717) is 11.5 Å². The first kappa shape index (κ1) is 17.0. The van der Waals surface area contributed by atoms with Crippen LogP contribution in [0.4, 0.5) is 5.82 Å². The molecule has 25 heavy (non-hydrogen) atoms. The Bertz CT molecular complexity index is 855. The molecular formula is C19H22N4O2. The summed E-state index contributed by atoms with van der Waals surface area (Å²) in [6.45, 7) is 2.95. The lowest BCUT2D eigenvalue weighted by Gasteiger charge is -2.23. The van der Waals surface area contributed by atoms with Gasteiger partial charge in [-0.25, -0.2) is 9.97 Å². The second kappa shape index (κ2) is 7.34. The van der Waals surface area contributed by atoms with Crippen LogP contribution >= 0.6 is 0 Å². The largest absolute Gasteiger partial charge is 0.493 e. The first-order valence-corrected chi connectivity index (χ1v) is 8.12. The third-order valence-corrected chi connectivity index (χ3v) is 4.22. The molecule has 0 aliphatic carbocycles. The fourth-order valence-electron chi connectivity index (χ4n) is 2.93. The number of rotatable bonds is 6. The number of pyridine rings is 1. The van der Waals surface area contributed by atoms with Gasteiger partial charge < -0.3 is 14.4 Å². The molecule has 2 heterocycles. The molecule has 0 N–H and O–H groups in total. The summed E-state index contributed by atoms with van der Waals surface area (Å²) >= 11 is 0. The monoisotopic (exact) mass is 338 g/mol. The average Bonchev–Trinajstić information content (AvgIpc) is 2.66. The molecule has 0 amide bonds. The fourth-order valence-corrected chi connectivity index (χ4v) is 2.93. The van der Waals surface area contributed by atoms with E-state index < -0.39 is 0 Å². The summed E-state index contributed by atoms with van der Waals surface area (Å²) in [5.41, 5.74) is 1.88. The highest BCUT2D eigenvalue weighted by Gasteiger charge is 2.16. The van der Waals surface area contributed by atoms with E-state index in [1.165, 1.54) is 0 Å². The van der Waals surface area contributed by atoms with Crippen LogP contribution in [0, 0.1) is 0 Å². The van der Waals surface area contributed by atoms with Gasteiger partial charge in [-0.15, -0.1) is 0 Å². The third-order valence-electron chi connectivity index (χ3n) is 4.22. The van der Waals surface area contributed by atoms with Gasteiger partial charge in [-0.05, 0) is 18.2 Å². The van der Waals surface area contributed by atoms with Crippen LogP contribution in [-0.2, 0) is 0 Å². The van der Waals surface area contributed by atoms with Crippen molar-refractivity contribution < 1.29 is 9.47 Å². The quantitative estimate of drug-likeness (QED) is 0.687. The number of benzene rings is 1. The maximum absolute atomic E-state index is 5.42. The lowest BCUT2D eigenvalue weighted by atomic mass is 10.1. The summed E-state index contributed by atoms with van der Waals surface area (Å²) in [4.78, 5) is 15.4. The van der Waals surface area contributed by atoms with Crippen LogP contribution < -0.4 is 14.4 Å². The minimum absolute atomic E-state index is 0.274. The third kappa shape index (κ3) is 3.47. The van der Waals surface area contributed by atoms with E-state index in [-0.39, 0.29) is 5.92 Å². The second-order valence-electron chi connectivity index (χ2n) is 5.96. The Balaban J connectivity index is 1.94. The highest BCUT2D eigenvalue weighted by molar-refractivity contribution is 5.91. The molecule has 1 aromatic carbocycles. The Morgan fingerprint density at radius 1 is 1.04 bits per heavy atom.